The van der Waals surface area contributed by atoms with E-state index in [0.29, 0.717) is 0 Å². The van der Waals surface area contributed by atoms with E-state index in [1.54, 1.807) is 0 Å². The highest BCUT2D eigenvalue weighted by molar-refractivity contribution is 7.99. The lowest BCUT2D eigenvalue weighted by Gasteiger charge is -2.45. The Balaban J connectivity index is 0.969. The number of nitrogens with zero attached hydrogens (tertiary/aromatic N) is 2. The lowest BCUT2D eigenvalue weighted by atomic mass is 9.62. The van der Waals surface area contributed by atoms with E-state index >= 15 is 0 Å². The maximum absolute atomic E-state index is 2.52. The van der Waals surface area contributed by atoms with Crippen LogP contribution in [-0.2, 0) is 5.41 Å². The summed E-state index contributed by atoms with van der Waals surface area (Å²) in [5.74, 6) is 0. The number of rotatable bonds is 6. The molecule has 0 saturated carbocycles. The summed E-state index contributed by atoms with van der Waals surface area (Å²) in [4.78, 5) is 4.96. The van der Waals surface area contributed by atoms with Gasteiger partial charge >= 0.3 is 0 Å². The first-order valence-corrected chi connectivity index (χ1v) is 22.8. The highest BCUT2D eigenvalue weighted by Gasteiger charge is 2.49. The zero-order valence-electron chi connectivity index (χ0n) is 34.9. The van der Waals surface area contributed by atoms with Crippen molar-refractivity contribution in [3.8, 4) is 39.1 Å². The van der Waals surface area contributed by atoms with Gasteiger partial charge in [-0.15, -0.1) is 0 Å². The molecule has 64 heavy (non-hydrogen) atoms. The first-order valence-electron chi connectivity index (χ1n) is 22.0. The summed E-state index contributed by atoms with van der Waals surface area (Å²) in [6.45, 7) is 0. The van der Waals surface area contributed by atoms with Crippen molar-refractivity contribution in [3.05, 3.63) is 265 Å². The number of anilines is 3. The van der Waals surface area contributed by atoms with Crippen LogP contribution in [0.3, 0.4) is 0 Å². The molecule has 2 nitrogen and oxygen atoms in total. The zero-order valence-corrected chi connectivity index (χ0v) is 35.7. The van der Waals surface area contributed by atoms with Crippen molar-refractivity contribution < 1.29 is 0 Å². The number of benzene rings is 10. The van der Waals surface area contributed by atoms with Crippen molar-refractivity contribution in [2.24, 2.45) is 0 Å². The van der Waals surface area contributed by atoms with E-state index in [-0.39, 0.29) is 0 Å². The quantitative estimate of drug-likeness (QED) is 0.165. The van der Waals surface area contributed by atoms with Gasteiger partial charge in [-0.05, 0) is 110 Å². The fourth-order valence-corrected chi connectivity index (χ4v) is 12.0. The van der Waals surface area contributed by atoms with Crippen LogP contribution < -0.4 is 4.90 Å². The molecule has 1 aromatic heterocycles. The second-order valence-corrected chi connectivity index (χ2v) is 17.9. The Hall–Kier alpha value is -7.85. The average molecular weight is 833 g/mol. The molecule has 10 aromatic carbocycles. The van der Waals surface area contributed by atoms with Gasteiger partial charge in [-0.25, -0.2) is 0 Å². The summed E-state index contributed by atoms with van der Waals surface area (Å²) in [5, 5.41) is 2.58. The smallest absolute Gasteiger partial charge is 0.0764 e. The molecule has 1 atom stereocenters. The molecule has 1 spiro atoms. The summed E-state index contributed by atoms with van der Waals surface area (Å²) in [6.07, 6.45) is 0. The first kappa shape index (κ1) is 36.8. The fourth-order valence-electron chi connectivity index (χ4n) is 10.7. The number of hydrogen-bond acceptors (Lipinski definition) is 2. The number of hydrogen-bond donors (Lipinski definition) is 0. The first-order chi connectivity index (χ1) is 31.8. The monoisotopic (exact) mass is 832 g/mol. The van der Waals surface area contributed by atoms with E-state index < -0.39 is 5.41 Å². The van der Waals surface area contributed by atoms with Crippen molar-refractivity contribution in [1.82, 2.24) is 4.57 Å². The van der Waals surface area contributed by atoms with Gasteiger partial charge in [0.25, 0.3) is 0 Å². The van der Waals surface area contributed by atoms with Crippen LogP contribution in [0.15, 0.2) is 252 Å². The average Bonchev–Trinajstić information content (AvgIpc) is 3.71. The van der Waals surface area contributed by atoms with Crippen LogP contribution >= 0.6 is 11.8 Å². The fraction of sp³-hybridized carbons (Fsp3) is 0.0164. The maximum Gasteiger partial charge on any atom is 0.0764 e. The van der Waals surface area contributed by atoms with Gasteiger partial charge in [0.1, 0.15) is 0 Å². The summed E-state index contributed by atoms with van der Waals surface area (Å²) in [6, 6.07) is 89.3. The van der Waals surface area contributed by atoms with Crippen LogP contribution in [0.2, 0.25) is 0 Å². The zero-order chi connectivity index (χ0) is 42.2. The van der Waals surface area contributed by atoms with Gasteiger partial charge in [-0.2, -0.15) is 0 Å². The van der Waals surface area contributed by atoms with Crippen molar-refractivity contribution in [3.63, 3.8) is 0 Å². The van der Waals surface area contributed by atoms with Crippen LogP contribution in [0.5, 0.6) is 0 Å². The molecular weight excluding hydrogens is 793 g/mol. The highest BCUT2D eigenvalue weighted by atomic mass is 32.2. The van der Waals surface area contributed by atoms with Gasteiger partial charge in [-0.3, -0.25) is 0 Å². The van der Waals surface area contributed by atoms with Crippen molar-refractivity contribution in [2.45, 2.75) is 15.2 Å². The van der Waals surface area contributed by atoms with E-state index in [2.05, 4.69) is 252 Å². The van der Waals surface area contributed by atoms with Gasteiger partial charge in [0, 0.05) is 37.6 Å². The third-order valence-corrected chi connectivity index (χ3v) is 14.7. The third kappa shape index (κ3) is 5.48. The van der Waals surface area contributed by atoms with Crippen LogP contribution in [0.25, 0.3) is 60.9 Å². The second kappa shape index (κ2) is 14.6. The predicted octanol–water partition coefficient (Wildman–Crippen LogP) is 16.4. The van der Waals surface area contributed by atoms with E-state index in [0.717, 1.165) is 17.1 Å². The van der Waals surface area contributed by atoms with Crippen molar-refractivity contribution >= 4 is 50.6 Å². The highest BCUT2D eigenvalue weighted by Crippen LogP contribution is 2.61. The second-order valence-electron chi connectivity index (χ2n) is 16.8. The van der Waals surface area contributed by atoms with E-state index in [9.17, 15) is 0 Å². The Morgan fingerprint density at radius 2 is 0.828 bits per heavy atom. The lowest BCUT2D eigenvalue weighted by Crippen LogP contribution is -2.37. The number of aromatic nitrogens is 1. The largest absolute Gasteiger partial charge is 0.311 e. The van der Waals surface area contributed by atoms with Crippen molar-refractivity contribution in [1.29, 1.82) is 0 Å². The molecule has 300 valence electrons. The van der Waals surface area contributed by atoms with Crippen LogP contribution in [0.4, 0.5) is 17.1 Å². The number of fused-ring (bicyclic) bond motifs is 11. The molecule has 1 unspecified atom stereocenters. The molecule has 13 rings (SSSR count). The molecule has 2 aliphatic heterocycles. The molecule has 3 heterocycles. The Kier molecular flexibility index (Phi) is 8.40. The molecular formula is C61H40N2S. The lowest BCUT2D eigenvalue weighted by molar-refractivity contribution is 0.690. The predicted molar refractivity (Wildman–Crippen MR) is 268 cm³/mol. The van der Waals surface area contributed by atoms with Crippen LogP contribution in [0, 0.1) is 0 Å². The SMILES string of the molecule is c1ccc(-c2ccc(N(c3ccc(-c4ccccc4)cc3)c3ccc(-c4cccc5c4Sc4ccccc4C54c5ccccc5-n5c6ccccc6c6cccc4c65)cc3)cc2)cc1. The molecule has 2 aliphatic rings. The van der Waals surface area contributed by atoms with Crippen molar-refractivity contribution in [2.75, 3.05) is 4.90 Å². The Morgan fingerprint density at radius 3 is 1.50 bits per heavy atom. The maximum atomic E-state index is 2.52. The van der Waals surface area contributed by atoms with Gasteiger partial charge in [0.15, 0.2) is 0 Å². The summed E-state index contributed by atoms with van der Waals surface area (Å²) >= 11 is 1.91. The standard InChI is InChI=1S/C61H40N2S/c1-3-15-41(16-4-1)43-29-35-46(36-30-43)62(47-37-31-44(32-38-47)42-17-5-2-6-18-42)48-39-33-45(34-40-48)49-20-13-25-55-60(49)64-58-28-12-9-23-53(58)61(55)52-22-8-11-27-57(52)63-56-26-10-7-19-50(56)51-21-14-24-54(61)59(51)63/h1-40H. The summed E-state index contributed by atoms with van der Waals surface area (Å²) < 4.78 is 2.52. The molecule has 11 aromatic rings. The van der Waals surface area contributed by atoms with Gasteiger partial charge in [0.05, 0.1) is 22.1 Å². The van der Waals surface area contributed by atoms with Crippen LogP contribution in [0.1, 0.15) is 22.3 Å². The summed E-state index contributed by atoms with van der Waals surface area (Å²) in [7, 11) is 0. The van der Waals surface area contributed by atoms with E-state index in [4.69, 9.17) is 0 Å². The van der Waals surface area contributed by atoms with E-state index in [1.165, 1.54) is 92.9 Å². The van der Waals surface area contributed by atoms with Gasteiger partial charge < -0.3 is 9.47 Å². The molecule has 0 amide bonds. The Morgan fingerprint density at radius 1 is 0.344 bits per heavy atom. The van der Waals surface area contributed by atoms with Gasteiger partial charge in [0.2, 0.25) is 0 Å². The van der Waals surface area contributed by atoms with Crippen LogP contribution in [-0.4, -0.2) is 4.57 Å². The minimum absolute atomic E-state index is 0.526. The third-order valence-electron chi connectivity index (χ3n) is 13.5. The molecule has 0 radical (unpaired) electrons. The molecule has 3 heteroatoms. The van der Waals surface area contributed by atoms with E-state index in [1.807, 2.05) is 11.8 Å². The van der Waals surface area contributed by atoms with Gasteiger partial charge in [-0.1, -0.05) is 200 Å². The minimum Gasteiger partial charge on any atom is -0.311 e. The molecule has 0 saturated heterocycles. The summed E-state index contributed by atoms with van der Waals surface area (Å²) in [5.41, 5.74) is 19.1. The topological polar surface area (TPSA) is 8.17 Å². The normalized spacial score (nSPS) is 14.6. The molecule has 0 bridgehead atoms. The molecule has 0 fully saturated rings. The minimum atomic E-state index is -0.526. The Labute approximate surface area is 377 Å². The number of para-hydroxylation sites is 3. The Bertz CT molecular complexity index is 3470. The molecule has 0 N–H and O–H groups in total. The molecule has 0 aliphatic carbocycles.